The molecule has 4 rings (SSSR count). The third-order valence-electron chi connectivity index (χ3n) is 5.11. The number of esters is 1. The number of aliphatic carboxylic acids is 1. The lowest BCUT2D eigenvalue weighted by Crippen LogP contribution is -2.36. The number of ether oxygens (including phenoxy) is 1. The summed E-state index contributed by atoms with van der Waals surface area (Å²) in [6, 6.07) is 18.5. The Kier molecular flexibility index (Phi) is 4.98. The number of hydrogen-bond donors (Lipinski definition) is 2. The van der Waals surface area contributed by atoms with Crippen LogP contribution in [0.4, 0.5) is 0 Å². The summed E-state index contributed by atoms with van der Waals surface area (Å²) in [5.41, 5.74) is 10.4. The van der Waals surface area contributed by atoms with Crippen molar-refractivity contribution in [3.8, 4) is 11.1 Å². The van der Waals surface area contributed by atoms with Crippen molar-refractivity contribution < 1.29 is 19.4 Å². The summed E-state index contributed by atoms with van der Waals surface area (Å²) in [4.78, 5) is 25.0. The van der Waals surface area contributed by atoms with E-state index in [-0.39, 0.29) is 12.5 Å². The molecule has 3 N–H and O–H groups in total. The van der Waals surface area contributed by atoms with E-state index in [0.29, 0.717) is 4.88 Å². The molecule has 28 heavy (non-hydrogen) atoms. The molecule has 0 bridgehead atoms. The molecule has 5 nitrogen and oxygen atoms in total. The van der Waals surface area contributed by atoms with Crippen LogP contribution in [-0.2, 0) is 14.3 Å². The predicted molar refractivity (Wildman–Crippen MR) is 107 cm³/mol. The maximum absolute atomic E-state index is 12.6. The smallest absolute Gasteiger partial charge is 0.322 e. The number of nitrogens with two attached hydrogens (primary N) is 1. The number of benzene rings is 2. The average Bonchev–Trinajstić information content (AvgIpc) is 3.33. The van der Waals surface area contributed by atoms with Crippen LogP contribution in [0.1, 0.15) is 28.0 Å². The van der Waals surface area contributed by atoms with E-state index in [1.165, 1.54) is 11.3 Å². The van der Waals surface area contributed by atoms with E-state index in [1.54, 1.807) is 17.5 Å². The third-order valence-corrected chi connectivity index (χ3v) is 6.08. The molecule has 0 saturated carbocycles. The van der Waals surface area contributed by atoms with Gasteiger partial charge < -0.3 is 15.6 Å². The number of hydrogen-bond acceptors (Lipinski definition) is 5. The summed E-state index contributed by atoms with van der Waals surface area (Å²) in [5, 5.41) is 11.3. The van der Waals surface area contributed by atoms with Crippen LogP contribution in [0.25, 0.3) is 11.1 Å². The molecular weight excluding hydrogens is 374 g/mol. The molecule has 3 aromatic rings. The van der Waals surface area contributed by atoms with Gasteiger partial charge in [0.05, 0.1) is 6.04 Å². The van der Waals surface area contributed by atoms with Crippen LogP contribution < -0.4 is 5.73 Å². The second-order valence-electron chi connectivity index (χ2n) is 6.71. The number of carboxylic acid groups (broad SMARTS) is 1. The molecule has 2 aromatic carbocycles. The SMILES string of the molecule is NC(c1cccs1)[C@H](C(=O)O)C(=O)OCC1c2ccccc2-c2ccccc21. The lowest BCUT2D eigenvalue weighted by atomic mass is 9.97. The molecule has 0 radical (unpaired) electrons. The summed E-state index contributed by atoms with van der Waals surface area (Å²) >= 11 is 1.32. The third kappa shape index (κ3) is 3.21. The van der Waals surface area contributed by atoms with E-state index in [4.69, 9.17) is 10.5 Å². The van der Waals surface area contributed by atoms with Crippen molar-refractivity contribution in [3.63, 3.8) is 0 Å². The first-order valence-electron chi connectivity index (χ1n) is 8.94. The minimum absolute atomic E-state index is 0.0772. The zero-order chi connectivity index (χ0) is 19.7. The summed E-state index contributed by atoms with van der Waals surface area (Å²) in [7, 11) is 0. The molecule has 142 valence electrons. The van der Waals surface area contributed by atoms with Crippen molar-refractivity contribution in [1.82, 2.24) is 0 Å². The van der Waals surface area contributed by atoms with Crippen molar-refractivity contribution in [1.29, 1.82) is 0 Å². The summed E-state index contributed by atoms with van der Waals surface area (Å²) in [6.45, 7) is 0.0772. The molecule has 1 unspecified atom stereocenters. The molecule has 0 aliphatic heterocycles. The summed E-state index contributed by atoms with van der Waals surface area (Å²) in [5.74, 6) is -3.65. The minimum atomic E-state index is -1.44. The summed E-state index contributed by atoms with van der Waals surface area (Å²) in [6.07, 6.45) is 0. The normalized spacial score (nSPS) is 14.8. The molecule has 1 aliphatic carbocycles. The number of rotatable bonds is 6. The molecule has 0 spiro atoms. The Bertz CT molecular complexity index is 969. The van der Waals surface area contributed by atoms with Crippen LogP contribution in [0.3, 0.4) is 0 Å². The van der Waals surface area contributed by atoms with Crippen LogP contribution in [-0.4, -0.2) is 23.7 Å². The van der Waals surface area contributed by atoms with Gasteiger partial charge in [0, 0.05) is 10.8 Å². The quantitative estimate of drug-likeness (QED) is 0.491. The van der Waals surface area contributed by atoms with E-state index >= 15 is 0 Å². The molecule has 2 atom stereocenters. The molecule has 6 heteroatoms. The number of thiophene rings is 1. The Morgan fingerprint density at radius 2 is 1.61 bits per heavy atom. The van der Waals surface area contributed by atoms with Gasteiger partial charge in [0.2, 0.25) is 0 Å². The Labute approximate surface area is 166 Å². The van der Waals surface area contributed by atoms with Gasteiger partial charge in [-0.25, -0.2) is 0 Å². The van der Waals surface area contributed by atoms with Crippen LogP contribution in [0, 0.1) is 5.92 Å². The number of carboxylic acids is 1. The van der Waals surface area contributed by atoms with Crippen LogP contribution in [0.5, 0.6) is 0 Å². The fourth-order valence-corrected chi connectivity index (χ4v) is 4.51. The largest absolute Gasteiger partial charge is 0.481 e. The highest BCUT2D eigenvalue weighted by Crippen LogP contribution is 2.44. The number of fused-ring (bicyclic) bond motifs is 3. The monoisotopic (exact) mass is 393 g/mol. The lowest BCUT2D eigenvalue weighted by Gasteiger charge is -2.20. The van der Waals surface area contributed by atoms with Crippen molar-refractivity contribution in [2.45, 2.75) is 12.0 Å². The average molecular weight is 393 g/mol. The second-order valence-corrected chi connectivity index (χ2v) is 7.69. The van der Waals surface area contributed by atoms with Gasteiger partial charge in [0.25, 0.3) is 0 Å². The standard InChI is InChI=1S/C22H19NO4S/c23-20(18-10-5-11-28-18)19(21(24)25)22(26)27-12-17-15-8-3-1-6-13(15)14-7-2-4-9-16(14)17/h1-11,17,19-20H,12,23H2,(H,24,25)/t19-,20?/m1/s1. The van der Waals surface area contributed by atoms with Gasteiger partial charge in [-0.05, 0) is 33.7 Å². The van der Waals surface area contributed by atoms with Crippen LogP contribution in [0.15, 0.2) is 66.0 Å². The van der Waals surface area contributed by atoms with Crippen molar-refractivity contribution in [3.05, 3.63) is 82.0 Å². The van der Waals surface area contributed by atoms with Crippen molar-refractivity contribution >= 4 is 23.3 Å². The fourth-order valence-electron chi connectivity index (χ4n) is 3.74. The highest BCUT2D eigenvalue weighted by molar-refractivity contribution is 7.10. The maximum atomic E-state index is 12.6. The first-order chi connectivity index (χ1) is 13.6. The highest BCUT2D eigenvalue weighted by Gasteiger charge is 2.37. The van der Waals surface area contributed by atoms with E-state index in [0.717, 1.165) is 22.3 Å². The van der Waals surface area contributed by atoms with Gasteiger partial charge >= 0.3 is 11.9 Å². The second kappa shape index (κ2) is 7.58. The van der Waals surface area contributed by atoms with E-state index in [1.807, 2.05) is 48.5 Å². The van der Waals surface area contributed by atoms with E-state index < -0.39 is 23.9 Å². The van der Waals surface area contributed by atoms with Gasteiger partial charge in [-0.2, -0.15) is 0 Å². The van der Waals surface area contributed by atoms with Crippen LogP contribution in [0.2, 0.25) is 0 Å². The Morgan fingerprint density at radius 1 is 1.00 bits per heavy atom. The van der Waals surface area contributed by atoms with Gasteiger partial charge in [-0.1, -0.05) is 54.6 Å². The fraction of sp³-hybridized carbons (Fsp3) is 0.182. The maximum Gasteiger partial charge on any atom is 0.322 e. The Morgan fingerprint density at radius 3 is 2.14 bits per heavy atom. The molecule has 1 heterocycles. The minimum Gasteiger partial charge on any atom is -0.481 e. The van der Waals surface area contributed by atoms with Gasteiger partial charge in [0.1, 0.15) is 6.61 Å². The first-order valence-corrected chi connectivity index (χ1v) is 9.82. The number of carbonyl (C=O) groups is 2. The molecular formula is C22H19NO4S. The Hall–Kier alpha value is -2.96. The first kappa shape index (κ1) is 18.4. The molecule has 0 saturated heterocycles. The zero-order valence-corrected chi connectivity index (χ0v) is 15.8. The van der Waals surface area contributed by atoms with Gasteiger partial charge in [-0.15, -0.1) is 11.3 Å². The molecule has 0 fully saturated rings. The molecule has 1 aromatic heterocycles. The Balaban J connectivity index is 1.55. The van der Waals surface area contributed by atoms with Gasteiger partial charge in [-0.3, -0.25) is 9.59 Å². The number of carbonyl (C=O) groups excluding carboxylic acids is 1. The summed E-state index contributed by atoms with van der Waals surface area (Å²) < 4.78 is 5.49. The zero-order valence-electron chi connectivity index (χ0n) is 14.9. The highest BCUT2D eigenvalue weighted by atomic mass is 32.1. The van der Waals surface area contributed by atoms with Crippen LogP contribution >= 0.6 is 11.3 Å². The van der Waals surface area contributed by atoms with E-state index in [2.05, 4.69) is 0 Å². The molecule has 1 aliphatic rings. The molecule has 0 amide bonds. The topological polar surface area (TPSA) is 89.6 Å². The predicted octanol–water partition coefficient (Wildman–Crippen LogP) is 3.80. The van der Waals surface area contributed by atoms with E-state index in [9.17, 15) is 14.7 Å². The van der Waals surface area contributed by atoms with Crippen molar-refractivity contribution in [2.24, 2.45) is 11.7 Å². The van der Waals surface area contributed by atoms with Crippen molar-refractivity contribution in [2.75, 3.05) is 6.61 Å². The lowest BCUT2D eigenvalue weighted by molar-refractivity contribution is -0.159. The van der Waals surface area contributed by atoms with Gasteiger partial charge in [0.15, 0.2) is 5.92 Å².